The van der Waals surface area contributed by atoms with Crippen molar-refractivity contribution >= 4 is 32.1 Å². The van der Waals surface area contributed by atoms with Crippen molar-refractivity contribution in [1.82, 2.24) is 15.0 Å². The monoisotopic (exact) mass is 432 g/mol. The highest BCUT2D eigenvalue weighted by molar-refractivity contribution is 7.90. The molecule has 4 aromatic rings. The lowest BCUT2D eigenvalue weighted by Crippen LogP contribution is -1.98. The lowest BCUT2D eigenvalue weighted by Gasteiger charge is -2.08. The van der Waals surface area contributed by atoms with E-state index < -0.39 is 15.8 Å². The van der Waals surface area contributed by atoms with Crippen LogP contribution < -0.4 is 5.32 Å². The number of benzene rings is 1. The van der Waals surface area contributed by atoms with Gasteiger partial charge in [-0.15, -0.1) is 0 Å². The summed E-state index contributed by atoms with van der Waals surface area (Å²) in [6, 6.07) is 11.4. The first-order valence-corrected chi connectivity index (χ1v) is 11.1. The van der Waals surface area contributed by atoms with Gasteiger partial charge in [0.25, 0.3) is 0 Å². The zero-order valence-electron chi connectivity index (χ0n) is 16.7. The number of fused-ring (bicyclic) bond motifs is 1. The van der Waals surface area contributed by atoms with Crippen LogP contribution >= 0.6 is 0 Å². The Morgan fingerprint density at radius 2 is 1.74 bits per heavy atom. The van der Waals surface area contributed by atoms with Crippen LogP contribution in [0, 0.1) is 24.7 Å². The Balaban J connectivity index is 1.68. The molecule has 0 aliphatic rings. The van der Waals surface area contributed by atoms with Crippen LogP contribution in [0.2, 0.25) is 0 Å². The van der Waals surface area contributed by atoms with Crippen LogP contribution in [0.1, 0.15) is 16.8 Å². The second-order valence-electron chi connectivity index (χ2n) is 6.94. The maximum atomic E-state index is 13.4. The molecular formula is C23H17FN4O2S. The third-order valence-electron chi connectivity index (χ3n) is 4.59. The molecule has 6 nitrogen and oxygen atoms in total. The van der Waals surface area contributed by atoms with E-state index in [1.807, 2.05) is 19.1 Å². The predicted molar refractivity (Wildman–Crippen MR) is 117 cm³/mol. The molecule has 0 saturated carbocycles. The van der Waals surface area contributed by atoms with Crippen molar-refractivity contribution in [1.29, 1.82) is 0 Å². The van der Waals surface area contributed by atoms with Crippen molar-refractivity contribution in [2.45, 2.75) is 11.8 Å². The normalized spacial score (nSPS) is 11.1. The molecule has 3 aromatic heterocycles. The van der Waals surface area contributed by atoms with Gasteiger partial charge in [-0.25, -0.2) is 23.4 Å². The van der Waals surface area contributed by atoms with E-state index >= 15 is 0 Å². The van der Waals surface area contributed by atoms with E-state index in [1.54, 1.807) is 24.5 Å². The van der Waals surface area contributed by atoms with Gasteiger partial charge in [0.1, 0.15) is 11.5 Å². The molecule has 1 N–H and O–H groups in total. The van der Waals surface area contributed by atoms with Gasteiger partial charge in [-0.3, -0.25) is 0 Å². The highest BCUT2D eigenvalue weighted by Gasteiger charge is 2.08. The van der Waals surface area contributed by atoms with E-state index in [1.165, 1.54) is 24.4 Å². The lowest BCUT2D eigenvalue weighted by atomic mass is 10.1. The number of nitrogens with zero attached hydrogens (tertiary/aromatic N) is 3. The molecule has 0 amide bonds. The fraction of sp³-hybridized carbons (Fsp3) is 0.0870. The van der Waals surface area contributed by atoms with Crippen LogP contribution in [0.25, 0.3) is 10.8 Å². The van der Waals surface area contributed by atoms with Gasteiger partial charge in [0.05, 0.1) is 4.90 Å². The molecule has 154 valence electrons. The number of anilines is 2. The zero-order chi connectivity index (χ0) is 22.0. The van der Waals surface area contributed by atoms with E-state index in [0.717, 1.165) is 22.6 Å². The van der Waals surface area contributed by atoms with Gasteiger partial charge in [-0.2, -0.15) is 4.39 Å². The van der Waals surface area contributed by atoms with Gasteiger partial charge in [0, 0.05) is 52.9 Å². The summed E-state index contributed by atoms with van der Waals surface area (Å²) in [4.78, 5) is 12.6. The third-order valence-corrected chi connectivity index (χ3v) is 5.72. The van der Waals surface area contributed by atoms with Crippen LogP contribution in [0.15, 0.2) is 66.0 Å². The van der Waals surface area contributed by atoms with Gasteiger partial charge < -0.3 is 5.32 Å². The Morgan fingerprint density at radius 3 is 2.48 bits per heavy atom. The molecule has 8 heteroatoms. The summed E-state index contributed by atoms with van der Waals surface area (Å²) in [6.45, 7) is 1.81. The van der Waals surface area contributed by atoms with Crippen LogP contribution in [0.5, 0.6) is 0 Å². The summed E-state index contributed by atoms with van der Waals surface area (Å²) in [5.74, 6) is 5.94. The second-order valence-corrected chi connectivity index (χ2v) is 8.96. The largest absolute Gasteiger partial charge is 0.340 e. The number of aromatic nitrogens is 3. The van der Waals surface area contributed by atoms with Gasteiger partial charge in [-0.05, 0) is 54.8 Å². The smallest absolute Gasteiger partial charge is 0.214 e. The number of halogens is 1. The van der Waals surface area contributed by atoms with E-state index in [-0.39, 0.29) is 4.90 Å². The minimum absolute atomic E-state index is 0.245. The number of sulfone groups is 1. The first-order valence-electron chi connectivity index (χ1n) is 9.26. The van der Waals surface area contributed by atoms with E-state index in [2.05, 4.69) is 32.1 Å². The first-order chi connectivity index (χ1) is 14.8. The molecule has 0 aliphatic carbocycles. The molecule has 0 bridgehead atoms. The SMILES string of the molecule is Cc1cnc(F)cc1C#Cc1nccc2cnc(Nc3ccc(S(C)(=O)=O)cc3)cc12. The fourth-order valence-corrected chi connectivity index (χ4v) is 3.56. The first kappa shape index (κ1) is 20.4. The average molecular weight is 432 g/mol. The Labute approximate surface area is 179 Å². The van der Waals surface area contributed by atoms with Gasteiger partial charge >= 0.3 is 0 Å². The highest BCUT2D eigenvalue weighted by Crippen LogP contribution is 2.22. The van der Waals surface area contributed by atoms with Crippen molar-refractivity contribution in [2.75, 3.05) is 11.6 Å². The van der Waals surface area contributed by atoms with E-state index in [0.29, 0.717) is 22.8 Å². The standard InChI is InChI=1S/C23H17FN4O2S/c1-15-13-26-22(24)11-16(15)3-8-21-20-12-23(27-14-17(20)9-10-25-21)28-18-4-6-19(7-5-18)31(2,29)30/h4-7,9-14H,1-2H3,(H,27,28). The van der Waals surface area contributed by atoms with E-state index in [4.69, 9.17) is 0 Å². The van der Waals surface area contributed by atoms with Crippen molar-refractivity contribution in [3.63, 3.8) is 0 Å². The topological polar surface area (TPSA) is 84.8 Å². The number of pyridine rings is 3. The van der Waals surface area contributed by atoms with Crippen LogP contribution in [0.3, 0.4) is 0 Å². The Hall–Kier alpha value is -3.83. The van der Waals surface area contributed by atoms with Gasteiger partial charge in [-0.1, -0.05) is 5.92 Å². The summed E-state index contributed by atoms with van der Waals surface area (Å²) >= 11 is 0. The predicted octanol–water partition coefficient (Wildman–Crippen LogP) is 4.02. The summed E-state index contributed by atoms with van der Waals surface area (Å²) in [7, 11) is -3.26. The van der Waals surface area contributed by atoms with Crippen LogP contribution in [-0.2, 0) is 9.84 Å². The maximum absolute atomic E-state index is 13.4. The molecule has 0 aliphatic heterocycles. The Bertz CT molecular complexity index is 1460. The Morgan fingerprint density at radius 1 is 0.968 bits per heavy atom. The summed E-state index contributed by atoms with van der Waals surface area (Å²) in [5.41, 5.74) is 2.55. The van der Waals surface area contributed by atoms with Crippen molar-refractivity contribution < 1.29 is 12.8 Å². The lowest BCUT2D eigenvalue weighted by molar-refractivity contribution is 0.582. The molecule has 0 unspecified atom stereocenters. The average Bonchev–Trinajstić information content (AvgIpc) is 2.74. The second kappa shape index (κ2) is 8.13. The molecule has 3 heterocycles. The maximum Gasteiger partial charge on any atom is 0.214 e. The van der Waals surface area contributed by atoms with Gasteiger partial charge in [0.2, 0.25) is 5.95 Å². The van der Waals surface area contributed by atoms with Crippen molar-refractivity contribution in [2.24, 2.45) is 0 Å². The number of aryl methyl sites for hydroxylation is 1. The minimum atomic E-state index is -3.26. The van der Waals surface area contributed by atoms with Crippen LogP contribution in [-0.4, -0.2) is 29.6 Å². The molecule has 0 fully saturated rings. The number of nitrogens with one attached hydrogen (secondary N) is 1. The van der Waals surface area contributed by atoms with Gasteiger partial charge in [0.15, 0.2) is 9.84 Å². The molecule has 4 rings (SSSR count). The number of rotatable bonds is 3. The van der Waals surface area contributed by atoms with Crippen LogP contribution in [0.4, 0.5) is 15.9 Å². The molecule has 31 heavy (non-hydrogen) atoms. The summed E-state index contributed by atoms with van der Waals surface area (Å²) < 4.78 is 36.7. The molecule has 0 atom stereocenters. The molecule has 0 radical (unpaired) electrons. The molecular weight excluding hydrogens is 415 g/mol. The molecule has 0 spiro atoms. The number of hydrogen-bond acceptors (Lipinski definition) is 6. The zero-order valence-corrected chi connectivity index (χ0v) is 17.5. The molecule has 0 saturated heterocycles. The highest BCUT2D eigenvalue weighted by atomic mass is 32.2. The summed E-state index contributed by atoms with van der Waals surface area (Å²) in [6.07, 6.45) is 5.95. The quantitative estimate of drug-likeness (QED) is 0.389. The summed E-state index contributed by atoms with van der Waals surface area (Å²) in [5, 5.41) is 4.79. The molecule has 1 aromatic carbocycles. The Kier molecular flexibility index (Phi) is 5.36. The minimum Gasteiger partial charge on any atom is -0.340 e. The fourth-order valence-electron chi connectivity index (χ4n) is 2.93. The van der Waals surface area contributed by atoms with E-state index in [9.17, 15) is 12.8 Å². The third kappa shape index (κ3) is 4.68. The van der Waals surface area contributed by atoms with Crippen molar-refractivity contribution in [3.8, 4) is 11.8 Å². The van der Waals surface area contributed by atoms with Crippen molar-refractivity contribution in [3.05, 3.63) is 83.8 Å². The number of hydrogen-bond donors (Lipinski definition) is 1.